The summed E-state index contributed by atoms with van der Waals surface area (Å²) in [4.78, 5) is 20.6. The third-order valence-corrected chi connectivity index (χ3v) is 4.30. The Morgan fingerprint density at radius 2 is 1.88 bits per heavy atom. The number of nitrogens with zero attached hydrogens (tertiary/aromatic N) is 3. The number of fused-ring (bicyclic) bond motifs is 1. The van der Waals surface area contributed by atoms with Crippen molar-refractivity contribution in [3.05, 3.63) is 78.8 Å². The van der Waals surface area contributed by atoms with Gasteiger partial charge in [0.15, 0.2) is 0 Å². The highest BCUT2D eigenvalue weighted by atomic mass is 16.2. The van der Waals surface area contributed by atoms with Crippen molar-refractivity contribution < 1.29 is 4.79 Å². The lowest BCUT2D eigenvalue weighted by molar-refractivity contribution is 0.253. The highest BCUT2D eigenvalue weighted by molar-refractivity contribution is 6.07. The van der Waals surface area contributed by atoms with E-state index >= 15 is 0 Å². The van der Waals surface area contributed by atoms with Gasteiger partial charge in [-0.25, -0.2) is 4.79 Å². The van der Waals surface area contributed by atoms with E-state index in [2.05, 4.69) is 29.2 Å². The molecule has 4 rings (SSSR count). The summed E-state index contributed by atoms with van der Waals surface area (Å²) in [5, 5.41) is 2.29. The van der Waals surface area contributed by atoms with E-state index in [0.29, 0.717) is 6.54 Å². The fourth-order valence-electron chi connectivity index (χ4n) is 2.98. The van der Waals surface area contributed by atoms with Gasteiger partial charge in [-0.2, -0.15) is 0 Å². The van der Waals surface area contributed by atoms with Crippen molar-refractivity contribution in [3.63, 3.8) is 0 Å². The maximum atomic E-state index is 13.0. The first-order chi connectivity index (χ1) is 11.7. The number of hydrogen-bond donors (Lipinski definition) is 0. The van der Waals surface area contributed by atoms with E-state index in [1.165, 1.54) is 5.39 Å². The Morgan fingerprint density at radius 3 is 2.71 bits per heavy atom. The number of aryl methyl sites for hydroxylation is 1. The average Bonchev–Trinajstić information content (AvgIpc) is 2.62. The molecule has 0 unspecified atom stereocenters. The maximum Gasteiger partial charge on any atom is 0.333 e. The highest BCUT2D eigenvalue weighted by Crippen LogP contribution is 2.27. The first-order valence-corrected chi connectivity index (χ1v) is 7.91. The van der Waals surface area contributed by atoms with Gasteiger partial charge in [0.05, 0.1) is 11.9 Å². The molecule has 2 amide bonds. The molecule has 118 valence electrons. The molecule has 1 aromatic heterocycles. The summed E-state index contributed by atoms with van der Waals surface area (Å²) >= 11 is 0. The van der Waals surface area contributed by atoms with E-state index in [4.69, 9.17) is 0 Å². The van der Waals surface area contributed by atoms with Crippen LogP contribution in [-0.2, 0) is 0 Å². The van der Waals surface area contributed by atoms with Crippen molar-refractivity contribution in [3.8, 4) is 0 Å². The van der Waals surface area contributed by atoms with Gasteiger partial charge in [0, 0.05) is 24.6 Å². The van der Waals surface area contributed by atoms with Gasteiger partial charge < -0.3 is 0 Å². The Balaban J connectivity index is 1.72. The molecule has 0 spiro atoms. The monoisotopic (exact) mass is 315 g/mol. The van der Waals surface area contributed by atoms with Crippen molar-refractivity contribution >= 4 is 28.2 Å². The molecule has 0 aliphatic carbocycles. The van der Waals surface area contributed by atoms with Crippen LogP contribution in [0.5, 0.6) is 0 Å². The third kappa shape index (κ3) is 2.42. The van der Waals surface area contributed by atoms with Crippen LogP contribution in [0.2, 0.25) is 0 Å². The number of carbonyl (C=O) groups excluding carboxylic acids is 1. The predicted molar refractivity (Wildman–Crippen MR) is 97.3 cm³/mol. The van der Waals surface area contributed by atoms with Crippen LogP contribution in [-0.4, -0.2) is 17.6 Å². The topological polar surface area (TPSA) is 36.4 Å². The van der Waals surface area contributed by atoms with Crippen molar-refractivity contribution in [1.82, 2.24) is 4.98 Å². The highest BCUT2D eigenvalue weighted by Gasteiger charge is 2.25. The molecular weight excluding hydrogens is 298 g/mol. The molecule has 0 radical (unpaired) electrons. The number of urea groups is 1. The Morgan fingerprint density at radius 1 is 1.04 bits per heavy atom. The quantitative estimate of drug-likeness (QED) is 0.698. The summed E-state index contributed by atoms with van der Waals surface area (Å²) in [6.45, 7) is 2.54. The van der Waals surface area contributed by atoms with Crippen molar-refractivity contribution in [1.29, 1.82) is 0 Å². The molecule has 2 aromatic carbocycles. The first-order valence-electron chi connectivity index (χ1n) is 7.91. The third-order valence-electron chi connectivity index (χ3n) is 4.30. The van der Waals surface area contributed by atoms with Crippen LogP contribution < -0.4 is 9.80 Å². The second-order valence-corrected chi connectivity index (χ2v) is 5.84. The molecule has 0 fully saturated rings. The van der Waals surface area contributed by atoms with Gasteiger partial charge in [0.25, 0.3) is 0 Å². The summed E-state index contributed by atoms with van der Waals surface area (Å²) in [5.74, 6) is 0. The van der Waals surface area contributed by atoms with Crippen LogP contribution in [0.4, 0.5) is 16.2 Å². The maximum absolute atomic E-state index is 13.0. The standard InChI is InChI=1S/C20H17N3O/c1-15-9-10-21-14-19(15)23-12-4-11-22(20(23)24)18-8-7-16-5-2-3-6-17(16)13-18/h2-10,12-14H,11H2,1H3. The zero-order valence-corrected chi connectivity index (χ0v) is 13.4. The van der Waals surface area contributed by atoms with E-state index in [-0.39, 0.29) is 6.03 Å². The zero-order chi connectivity index (χ0) is 16.5. The molecule has 1 aliphatic rings. The molecule has 0 N–H and O–H groups in total. The van der Waals surface area contributed by atoms with Crippen molar-refractivity contribution in [2.24, 2.45) is 0 Å². The van der Waals surface area contributed by atoms with Gasteiger partial charge in [0.2, 0.25) is 0 Å². The summed E-state index contributed by atoms with van der Waals surface area (Å²) in [6, 6.07) is 16.1. The van der Waals surface area contributed by atoms with E-state index in [0.717, 1.165) is 22.3 Å². The largest absolute Gasteiger partial charge is 0.333 e. The fourth-order valence-corrected chi connectivity index (χ4v) is 2.98. The van der Waals surface area contributed by atoms with E-state index < -0.39 is 0 Å². The van der Waals surface area contributed by atoms with Gasteiger partial charge in [0.1, 0.15) is 0 Å². The van der Waals surface area contributed by atoms with Gasteiger partial charge >= 0.3 is 6.03 Å². The van der Waals surface area contributed by atoms with E-state index in [1.54, 1.807) is 22.2 Å². The molecule has 0 bridgehead atoms. The predicted octanol–water partition coefficient (Wildman–Crippen LogP) is 4.50. The zero-order valence-electron chi connectivity index (χ0n) is 13.4. The van der Waals surface area contributed by atoms with Crippen LogP contribution in [0.25, 0.3) is 10.8 Å². The van der Waals surface area contributed by atoms with Gasteiger partial charge in [-0.3, -0.25) is 14.8 Å². The minimum absolute atomic E-state index is 0.0659. The lowest BCUT2D eigenvalue weighted by Crippen LogP contribution is -2.44. The Kier molecular flexibility index (Phi) is 3.50. The van der Waals surface area contributed by atoms with Crippen molar-refractivity contribution in [2.75, 3.05) is 16.3 Å². The summed E-state index contributed by atoms with van der Waals surface area (Å²) in [7, 11) is 0. The number of pyridine rings is 1. The number of amides is 2. The number of hydrogen-bond acceptors (Lipinski definition) is 2. The second-order valence-electron chi connectivity index (χ2n) is 5.84. The molecule has 4 nitrogen and oxygen atoms in total. The number of carbonyl (C=O) groups is 1. The summed E-state index contributed by atoms with van der Waals surface area (Å²) in [6.07, 6.45) is 7.27. The first kappa shape index (κ1) is 14.5. The smallest absolute Gasteiger partial charge is 0.290 e. The minimum Gasteiger partial charge on any atom is -0.290 e. The molecule has 1 aliphatic heterocycles. The van der Waals surface area contributed by atoms with Gasteiger partial charge in [-0.15, -0.1) is 0 Å². The second kappa shape index (κ2) is 5.81. The molecule has 4 heteroatoms. The molecule has 2 heterocycles. The SMILES string of the molecule is Cc1ccncc1N1C=CCN(c2ccc3ccccc3c2)C1=O. The van der Waals surface area contributed by atoms with Crippen LogP contribution in [0, 0.1) is 6.92 Å². The minimum atomic E-state index is -0.0659. The molecule has 24 heavy (non-hydrogen) atoms. The molecule has 0 saturated carbocycles. The summed E-state index contributed by atoms with van der Waals surface area (Å²) in [5.41, 5.74) is 2.72. The van der Waals surface area contributed by atoms with Gasteiger partial charge in [-0.05, 0) is 47.5 Å². The molecule has 0 saturated heterocycles. The van der Waals surface area contributed by atoms with Gasteiger partial charge in [-0.1, -0.05) is 30.3 Å². The number of aromatic nitrogens is 1. The molecule has 0 atom stereocenters. The number of anilines is 2. The Labute approximate surface area is 140 Å². The number of rotatable bonds is 2. The van der Waals surface area contributed by atoms with E-state index in [9.17, 15) is 4.79 Å². The van der Waals surface area contributed by atoms with Crippen LogP contribution in [0.3, 0.4) is 0 Å². The Bertz CT molecular complexity index is 948. The Hall–Kier alpha value is -3.14. The van der Waals surface area contributed by atoms with Crippen LogP contribution in [0.1, 0.15) is 5.56 Å². The normalized spacial score (nSPS) is 14.5. The van der Waals surface area contributed by atoms with Crippen LogP contribution in [0.15, 0.2) is 73.2 Å². The fraction of sp³-hybridized carbons (Fsp3) is 0.100. The molecule has 3 aromatic rings. The average molecular weight is 315 g/mol. The van der Waals surface area contributed by atoms with E-state index in [1.807, 2.05) is 43.5 Å². The lowest BCUT2D eigenvalue weighted by Gasteiger charge is -2.32. The number of benzene rings is 2. The summed E-state index contributed by atoms with van der Waals surface area (Å²) < 4.78 is 0. The lowest BCUT2D eigenvalue weighted by atomic mass is 10.1. The van der Waals surface area contributed by atoms with Crippen LogP contribution >= 0.6 is 0 Å². The molecular formula is C20H17N3O. The van der Waals surface area contributed by atoms with Crippen molar-refractivity contribution in [2.45, 2.75) is 6.92 Å².